The van der Waals surface area contributed by atoms with Crippen molar-refractivity contribution in [2.24, 2.45) is 5.92 Å². The summed E-state index contributed by atoms with van der Waals surface area (Å²) in [6.45, 7) is 5.71. The Morgan fingerprint density at radius 1 is 1.23 bits per heavy atom. The molecule has 0 unspecified atom stereocenters. The van der Waals surface area contributed by atoms with Crippen LogP contribution in [0.25, 0.3) is 10.9 Å². The first-order chi connectivity index (χ1) is 12.6. The second-order valence-electron chi connectivity index (χ2n) is 7.52. The third-order valence-corrected chi connectivity index (χ3v) is 6.24. The lowest BCUT2D eigenvalue weighted by atomic mass is 9.81. The topological polar surface area (TPSA) is 49.7 Å². The molecule has 1 aromatic heterocycles. The van der Waals surface area contributed by atoms with E-state index in [9.17, 15) is 4.79 Å². The van der Waals surface area contributed by atoms with E-state index in [0.29, 0.717) is 30.7 Å². The molecule has 0 N–H and O–H groups in total. The Bertz CT molecular complexity index is 809. The zero-order valence-corrected chi connectivity index (χ0v) is 15.8. The predicted octanol–water partition coefficient (Wildman–Crippen LogP) is 4.23. The average Bonchev–Trinajstić information content (AvgIpc) is 3.23. The van der Waals surface area contributed by atoms with Crippen LogP contribution < -0.4 is 0 Å². The molecule has 1 saturated carbocycles. The summed E-state index contributed by atoms with van der Waals surface area (Å²) < 4.78 is 19.1. The van der Waals surface area contributed by atoms with Gasteiger partial charge in [0.2, 0.25) is 0 Å². The maximum atomic E-state index is 12.4. The fourth-order valence-electron chi connectivity index (χ4n) is 4.83. The summed E-state index contributed by atoms with van der Waals surface area (Å²) in [7, 11) is 1.44. The van der Waals surface area contributed by atoms with E-state index in [4.69, 9.17) is 14.2 Å². The minimum absolute atomic E-state index is 0.264. The highest BCUT2D eigenvalue weighted by atomic mass is 16.7. The normalized spacial score (nSPS) is 21.3. The molecule has 5 heteroatoms. The maximum Gasteiger partial charge on any atom is 0.340 e. The summed E-state index contributed by atoms with van der Waals surface area (Å²) >= 11 is 0. The van der Waals surface area contributed by atoms with Gasteiger partial charge in [0.25, 0.3) is 0 Å². The number of hydrogen-bond acceptors (Lipinski definition) is 4. The zero-order valence-electron chi connectivity index (χ0n) is 15.8. The van der Waals surface area contributed by atoms with Gasteiger partial charge in [-0.15, -0.1) is 0 Å². The smallest absolute Gasteiger partial charge is 0.340 e. The Morgan fingerprint density at radius 2 is 1.88 bits per heavy atom. The number of rotatable bonds is 3. The van der Waals surface area contributed by atoms with Gasteiger partial charge in [-0.25, -0.2) is 4.79 Å². The summed E-state index contributed by atoms with van der Waals surface area (Å²) in [5.74, 6) is -0.0605. The van der Waals surface area contributed by atoms with Crippen molar-refractivity contribution in [2.75, 3.05) is 20.3 Å². The second kappa shape index (κ2) is 6.71. The fourth-order valence-corrected chi connectivity index (χ4v) is 4.83. The first-order valence-corrected chi connectivity index (χ1v) is 9.52. The van der Waals surface area contributed by atoms with E-state index in [1.807, 2.05) is 25.1 Å². The molecule has 0 bridgehead atoms. The van der Waals surface area contributed by atoms with E-state index >= 15 is 0 Å². The number of fused-ring (bicyclic) bond motifs is 1. The van der Waals surface area contributed by atoms with Gasteiger partial charge in [0.05, 0.1) is 25.9 Å². The molecule has 1 aliphatic heterocycles. The third kappa shape index (κ3) is 2.74. The Balaban J connectivity index is 1.66. The second-order valence-corrected chi connectivity index (χ2v) is 7.52. The molecule has 1 saturated heterocycles. The molecule has 1 spiro atoms. The number of benzene rings is 1. The molecule has 2 fully saturated rings. The van der Waals surface area contributed by atoms with Crippen LogP contribution in [0.15, 0.2) is 24.3 Å². The SMILES string of the molecule is COC(=O)c1c(C)n([C@@H](C)C2CCC3(CC2)OCCO3)c2ccccc12. The molecular weight excluding hydrogens is 330 g/mol. The molecule has 26 heavy (non-hydrogen) atoms. The van der Waals surface area contributed by atoms with Crippen molar-refractivity contribution in [1.29, 1.82) is 0 Å². The van der Waals surface area contributed by atoms with Crippen molar-refractivity contribution >= 4 is 16.9 Å². The van der Waals surface area contributed by atoms with E-state index in [1.165, 1.54) is 7.11 Å². The number of aromatic nitrogens is 1. The summed E-state index contributed by atoms with van der Waals surface area (Å²) in [5, 5.41) is 0.971. The van der Waals surface area contributed by atoms with Crippen LogP contribution in [0.3, 0.4) is 0 Å². The van der Waals surface area contributed by atoms with Gasteiger partial charge in [-0.2, -0.15) is 0 Å². The van der Waals surface area contributed by atoms with Crippen molar-refractivity contribution in [1.82, 2.24) is 4.57 Å². The van der Waals surface area contributed by atoms with Gasteiger partial charge < -0.3 is 18.8 Å². The molecule has 2 aliphatic rings. The fraction of sp³-hybridized carbons (Fsp3) is 0.571. The van der Waals surface area contributed by atoms with Gasteiger partial charge >= 0.3 is 5.97 Å². The van der Waals surface area contributed by atoms with Gasteiger partial charge in [-0.1, -0.05) is 18.2 Å². The van der Waals surface area contributed by atoms with Crippen LogP contribution in [0, 0.1) is 12.8 Å². The van der Waals surface area contributed by atoms with Gasteiger partial charge in [0.1, 0.15) is 0 Å². The minimum atomic E-state index is -0.332. The van der Waals surface area contributed by atoms with Crippen LogP contribution in [0.5, 0.6) is 0 Å². The average molecular weight is 357 g/mol. The summed E-state index contributed by atoms with van der Waals surface area (Å²) in [6.07, 6.45) is 4.04. The molecule has 2 heterocycles. The number of carbonyl (C=O) groups is 1. The van der Waals surface area contributed by atoms with Crippen molar-refractivity contribution in [3.8, 4) is 0 Å². The maximum absolute atomic E-state index is 12.4. The molecule has 0 radical (unpaired) electrons. The van der Waals surface area contributed by atoms with Crippen LogP contribution in [0.4, 0.5) is 0 Å². The molecule has 5 nitrogen and oxygen atoms in total. The summed E-state index contributed by atoms with van der Waals surface area (Å²) in [5.41, 5.74) is 2.77. The molecular formula is C21H27NO4. The number of para-hydroxylation sites is 1. The molecule has 1 atom stereocenters. The standard InChI is InChI=1S/C21H27NO4/c1-14(16-8-10-21(11-9-16)25-12-13-26-21)22-15(2)19(20(23)24-3)17-6-4-5-7-18(17)22/h4-7,14,16H,8-13H2,1-3H3/t14-/m0/s1. The minimum Gasteiger partial charge on any atom is -0.465 e. The van der Waals surface area contributed by atoms with Gasteiger partial charge in [-0.3, -0.25) is 0 Å². The van der Waals surface area contributed by atoms with Gasteiger partial charge in [0.15, 0.2) is 5.79 Å². The summed E-state index contributed by atoms with van der Waals surface area (Å²) in [4.78, 5) is 12.4. The lowest BCUT2D eigenvalue weighted by Gasteiger charge is -2.38. The highest BCUT2D eigenvalue weighted by molar-refractivity contribution is 6.05. The molecule has 4 rings (SSSR count). The highest BCUT2D eigenvalue weighted by Gasteiger charge is 2.42. The quantitative estimate of drug-likeness (QED) is 0.772. The molecule has 1 aromatic carbocycles. The number of carbonyl (C=O) groups excluding carboxylic acids is 1. The van der Waals surface area contributed by atoms with Crippen LogP contribution in [-0.4, -0.2) is 36.6 Å². The Labute approximate surface area is 154 Å². The van der Waals surface area contributed by atoms with E-state index < -0.39 is 0 Å². The lowest BCUT2D eigenvalue weighted by molar-refractivity contribution is -0.184. The van der Waals surface area contributed by atoms with E-state index in [1.54, 1.807) is 0 Å². The third-order valence-electron chi connectivity index (χ3n) is 6.24. The number of esters is 1. The largest absolute Gasteiger partial charge is 0.465 e. The Kier molecular flexibility index (Phi) is 4.53. The van der Waals surface area contributed by atoms with Crippen molar-refractivity contribution in [2.45, 2.75) is 51.4 Å². The van der Waals surface area contributed by atoms with Gasteiger partial charge in [0, 0.05) is 35.5 Å². The summed E-state index contributed by atoms with van der Waals surface area (Å²) in [6, 6.07) is 8.41. The monoisotopic (exact) mass is 357 g/mol. The number of nitrogens with zero attached hydrogens (tertiary/aromatic N) is 1. The Morgan fingerprint density at radius 3 is 2.54 bits per heavy atom. The predicted molar refractivity (Wildman–Crippen MR) is 99.3 cm³/mol. The molecule has 2 aromatic rings. The van der Waals surface area contributed by atoms with Gasteiger partial charge in [-0.05, 0) is 38.7 Å². The lowest BCUT2D eigenvalue weighted by Crippen LogP contribution is -2.37. The van der Waals surface area contributed by atoms with Crippen LogP contribution in [-0.2, 0) is 14.2 Å². The highest BCUT2D eigenvalue weighted by Crippen LogP contribution is 2.43. The van der Waals surface area contributed by atoms with Crippen molar-refractivity contribution < 1.29 is 19.0 Å². The Hall–Kier alpha value is -1.85. The number of hydrogen-bond donors (Lipinski definition) is 0. The van der Waals surface area contributed by atoms with Crippen LogP contribution >= 0.6 is 0 Å². The molecule has 140 valence electrons. The van der Waals surface area contributed by atoms with Crippen LogP contribution in [0.1, 0.15) is 54.7 Å². The molecule has 1 aliphatic carbocycles. The van der Waals surface area contributed by atoms with Crippen molar-refractivity contribution in [3.05, 3.63) is 35.5 Å². The molecule has 0 amide bonds. The van der Waals surface area contributed by atoms with E-state index in [-0.39, 0.29) is 11.8 Å². The van der Waals surface area contributed by atoms with Crippen LogP contribution in [0.2, 0.25) is 0 Å². The van der Waals surface area contributed by atoms with Crippen molar-refractivity contribution in [3.63, 3.8) is 0 Å². The zero-order chi connectivity index (χ0) is 18.3. The number of ether oxygens (including phenoxy) is 3. The first-order valence-electron chi connectivity index (χ1n) is 9.52. The first kappa shape index (κ1) is 17.6. The van der Waals surface area contributed by atoms with E-state index in [2.05, 4.69) is 17.6 Å². The number of methoxy groups -OCH3 is 1. The van der Waals surface area contributed by atoms with E-state index in [0.717, 1.165) is 42.3 Å².